The third kappa shape index (κ3) is 5.24. The van der Waals surface area contributed by atoms with Crippen molar-refractivity contribution in [2.45, 2.75) is 39.7 Å². The average molecular weight is 317 g/mol. The van der Waals surface area contributed by atoms with Crippen molar-refractivity contribution in [3.8, 4) is 0 Å². The molecule has 0 aliphatic rings. The topological polar surface area (TPSA) is 54.0 Å². The molecule has 0 radical (unpaired) electrons. The van der Waals surface area contributed by atoms with E-state index in [0.717, 1.165) is 30.8 Å². The molecule has 0 aliphatic heterocycles. The second kappa shape index (κ2) is 8.06. The molecule has 0 unspecified atom stereocenters. The van der Waals surface area contributed by atoms with Crippen molar-refractivity contribution in [3.63, 3.8) is 0 Å². The molecule has 118 valence electrons. The maximum atomic E-state index is 11.1. The Morgan fingerprint density at radius 1 is 1.41 bits per heavy atom. The molecule has 2 aromatic rings. The Morgan fingerprint density at radius 3 is 2.91 bits per heavy atom. The van der Waals surface area contributed by atoms with Crippen LogP contribution in [0, 0.1) is 6.92 Å². The predicted molar refractivity (Wildman–Crippen MR) is 92.3 cm³/mol. The summed E-state index contributed by atoms with van der Waals surface area (Å²) in [5.41, 5.74) is 3.13. The van der Waals surface area contributed by atoms with Gasteiger partial charge in [-0.2, -0.15) is 0 Å². The van der Waals surface area contributed by atoms with Gasteiger partial charge in [0.05, 0.1) is 5.01 Å². The van der Waals surface area contributed by atoms with Crippen LogP contribution in [0.3, 0.4) is 0 Å². The highest BCUT2D eigenvalue weighted by Crippen LogP contribution is 2.17. The van der Waals surface area contributed by atoms with E-state index in [2.05, 4.69) is 34.0 Å². The Balaban J connectivity index is 1.79. The zero-order valence-corrected chi connectivity index (χ0v) is 14.2. The number of aromatic nitrogens is 1. The number of carbonyl (C=O) groups excluding carboxylic acids is 1. The van der Waals surface area contributed by atoms with E-state index in [-0.39, 0.29) is 11.9 Å². The highest BCUT2D eigenvalue weighted by atomic mass is 32.1. The first kappa shape index (κ1) is 16.6. The summed E-state index contributed by atoms with van der Waals surface area (Å²) in [6.45, 7) is 6.64. The maximum Gasteiger partial charge on any atom is 0.221 e. The second-order valence-electron chi connectivity index (χ2n) is 5.47. The second-order valence-corrected chi connectivity index (χ2v) is 6.41. The lowest BCUT2D eigenvalue weighted by Crippen LogP contribution is -2.20. The predicted octanol–water partition coefficient (Wildman–Crippen LogP) is 3.69. The zero-order valence-electron chi connectivity index (χ0n) is 13.3. The molecule has 5 heteroatoms. The van der Waals surface area contributed by atoms with Crippen LogP contribution in [0.2, 0.25) is 0 Å². The van der Waals surface area contributed by atoms with Crippen molar-refractivity contribution in [1.82, 2.24) is 10.3 Å². The van der Waals surface area contributed by atoms with Crippen LogP contribution in [0.15, 0.2) is 29.6 Å². The van der Waals surface area contributed by atoms with Crippen LogP contribution in [0.4, 0.5) is 5.69 Å². The van der Waals surface area contributed by atoms with Crippen LogP contribution in [0.5, 0.6) is 0 Å². The average Bonchev–Trinajstić information content (AvgIpc) is 2.88. The molecule has 1 heterocycles. The number of hydrogen-bond acceptors (Lipinski definition) is 4. The summed E-state index contributed by atoms with van der Waals surface area (Å²) >= 11 is 1.73. The molecular weight excluding hydrogens is 294 g/mol. The van der Waals surface area contributed by atoms with Crippen LogP contribution in [0.1, 0.15) is 42.6 Å². The monoisotopic (exact) mass is 317 g/mol. The van der Waals surface area contributed by atoms with Crippen molar-refractivity contribution >= 4 is 22.9 Å². The summed E-state index contributed by atoms with van der Waals surface area (Å²) in [5, 5.41) is 9.64. The van der Waals surface area contributed by atoms with E-state index in [1.54, 1.807) is 11.3 Å². The number of nitrogens with one attached hydrogen (secondary N) is 2. The third-order valence-electron chi connectivity index (χ3n) is 3.39. The number of rotatable bonds is 7. The van der Waals surface area contributed by atoms with Gasteiger partial charge in [-0.15, -0.1) is 11.3 Å². The standard InChI is InChI=1S/C17H23N3OS/c1-12-11-22-17(19-12)8-5-9-18-13(2)15-6-4-7-16(10-15)20-14(3)21/h4,6-7,10-11,13,18H,5,8-9H2,1-3H3,(H,20,21)/t13-/m1/s1. The highest BCUT2D eigenvalue weighted by molar-refractivity contribution is 7.09. The van der Waals surface area contributed by atoms with Crippen LogP contribution < -0.4 is 10.6 Å². The van der Waals surface area contributed by atoms with Gasteiger partial charge in [0.25, 0.3) is 0 Å². The van der Waals surface area contributed by atoms with Gasteiger partial charge in [-0.05, 0) is 44.5 Å². The zero-order chi connectivity index (χ0) is 15.9. The SMILES string of the molecule is CC(=O)Nc1cccc([C@@H](C)NCCCc2nc(C)cs2)c1. The Labute approximate surface area is 136 Å². The van der Waals surface area contributed by atoms with Crippen LogP contribution in [-0.2, 0) is 11.2 Å². The van der Waals surface area contributed by atoms with Crippen LogP contribution in [-0.4, -0.2) is 17.4 Å². The molecule has 0 aliphatic carbocycles. The van der Waals surface area contributed by atoms with Gasteiger partial charge in [0.2, 0.25) is 5.91 Å². The van der Waals surface area contributed by atoms with Crippen LogP contribution in [0.25, 0.3) is 0 Å². The Morgan fingerprint density at radius 2 is 2.23 bits per heavy atom. The van der Waals surface area contributed by atoms with Gasteiger partial charge >= 0.3 is 0 Å². The number of benzene rings is 1. The number of thiazole rings is 1. The number of amides is 1. The minimum Gasteiger partial charge on any atom is -0.326 e. The number of nitrogens with zero attached hydrogens (tertiary/aromatic N) is 1. The molecule has 2 rings (SSSR count). The van der Waals surface area contributed by atoms with Gasteiger partial charge in [0, 0.05) is 36.1 Å². The van der Waals surface area contributed by atoms with E-state index in [4.69, 9.17) is 0 Å². The normalized spacial score (nSPS) is 12.1. The first-order valence-corrected chi connectivity index (χ1v) is 8.44. The van der Waals surface area contributed by atoms with Gasteiger partial charge < -0.3 is 10.6 Å². The Bertz CT molecular complexity index is 624. The molecule has 0 saturated carbocycles. The first-order valence-electron chi connectivity index (χ1n) is 7.56. The lowest BCUT2D eigenvalue weighted by Gasteiger charge is -2.15. The molecule has 22 heavy (non-hydrogen) atoms. The third-order valence-corrected chi connectivity index (χ3v) is 4.42. The Kier molecular flexibility index (Phi) is 6.10. The summed E-state index contributed by atoms with van der Waals surface area (Å²) in [7, 11) is 0. The smallest absolute Gasteiger partial charge is 0.221 e. The summed E-state index contributed by atoms with van der Waals surface area (Å²) < 4.78 is 0. The number of carbonyl (C=O) groups is 1. The van der Waals surface area contributed by atoms with Gasteiger partial charge in [0.1, 0.15) is 0 Å². The van der Waals surface area contributed by atoms with E-state index in [1.807, 2.05) is 25.1 Å². The fraction of sp³-hybridized carbons (Fsp3) is 0.412. The number of hydrogen-bond donors (Lipinski definition) is 2. The lowest BCUT2D eigenvalue weighted by molar-refractivity contribution is -0.114. The Hall–Kier alpha value is -1.72. The van der Waals surface area contributed by atoms with Crippen molar-refractivity contribution in [1.29, 1.82) is 0 Å². The molecule has 2 N–H and O–H groups in total. The van der Waals surface area contributed by atoms with Gasteiger partial charge in [-0.1, -0.05) is 12.1 Å². The minimum absolute atomic E-state index is 0.0449. The maximum absolute atomic E-state index is 11.1. The molecule has 0 saturated heterocycles. The van der Waals surface area contributed by atoms with Crippen molar-refractivity contribution in [2.24, 2.45) is 0 Å². The molecule has 1 aromatic heterocycles. The summed E-state index contributed by atoms with van der Waals surface area (Å²) in [4.78, 5) is 15.6. The lowest BCUT2D eigenvalue weighted by atomic mass is 10.1. The van der Waals surface area contributed by atoms with Gasteiger partial charge in [0.15, 0.2) is 0 Å². The van der Waals surface area contributed by atoms with Gasteiger partial charge in [-0.3, -0.25) is 4.79 Å². The number of aryl methyl sites for hydroxylation is 2. The molecule has 0 spiro atoms. The molecular formula is C17H23N3OS. The molecule has 1 atom stereocenters. The van der Waals surface area contributed by atoms with Crippen molar-refractivity contribution in [3.05, 3.63) is 45.9 Å². The van der Waals surface area contributed by atoms with Crippen molar-refractivity contribution in [2.75, 3.05) is 11.9 Å². The van der Waals surface area contributed by atoms with Crippen LogP contribution >= 0.6 is 11.3 Å². The molecule has 1 amide bonds. The van der Waals surface area contributed by atoms with Gasteiger partial charge in [-0.25, -0.2) is 4.98 Å². The van der Waals surface area contributed by atoms with E-state index >= 15 is 0 Å². The largest absolute Gasteiger partial charge is 0.326 e. The first-order chi connectivity index (χ1) is 10.5. The minimum atomic E-state index is -0.0449. The molecule has 0 bridgehead atoms. The summed E-state index contributed by atoms with van der Waals surface area (Å²) in [6.07, 6.45) is 2.09. The fourth-order valence-corrected chi connectivity index (χ4v) is 3.10. The highest BCUT2D eigenvalue weighted by Gasteiger charge is 2.06. The van der Waals surface area contributed by atoms with E-state index in [9.17, 15) is 4.79 Å². The fourth-order valence-electron chi connectivity index (χ4n) is 2.28. The van der Waals surface area contributed by atoms with E-state index < -0.39 is 0 Å². The quantitative estimate of drug-likeness (QED) is 0.766. The van der Waals surface area contributed by atoms with E-state index in [1.165, 1.54) is 17.5 Å². The summed E-state index contributed by atoms with van der Waals surface area (Å²) in [5.74, 6) is -0.0449. The van der Waals surface area contributed by atoms with Crippen molar-refractivity contribution < 1.29 is 4.79 Å². The summed E-state index contributed by atoms with van der Waals surface area (Å²) in [6, 6.07) is 8.22. The van der Waals surface area contributed by atoms with E-state index in [0.29, 0.717) is 0 Å². The molecule has 0 fully saturated rings. The number of anilines is 1. The molecule has 1 aromatic carbocycles. The molecule has 4 nitrogen and oxygen atoms in total.